The molecule has 0 radical (unpaired) electrons. The molecule has 0 fully saturated rings. The molecule has 1 unspecified atom stereocenters. The van der Waals surface area contributed by atoms with Gasteiger partial charge in [0.25, 0.3) is 0 Å². The van der Waals surface area contributed by atoms with E-state index in [1.807, 2.05) is 12.1 Å². The maximum absolute atomic E-state index is 5.51. The van der Waals surface area contributed by atoms with Crippen molar-refractivity contribution in [1.29, 1.82) is 0 Å². The highest BCUT2D eigenvalue weighted by Gasteiger charge is 2.16. The Morgan fingerprint density at radius 3 is 2.55 bits per heavy atom. The van der Waals surface area contributed by atoms with Crippen LogP contribution in [0, 0.1) is 0 Å². The van der Waals surface area contributed by atoms with Crippen LogP contribution >= 0.6 is 0 Å². The highest BCUT2D eigenvalue weighted by molar-refractivity contribution is 5.42. The Kier molecular flexibility index (Phi) is 5.19. The Hall–Kier alpha value is -1.80. The zero-order valence-corrected chi connectivity index (χ0v) is 12.5. The molecule has 0 aliphatic rings. The third-order valence-electron chi connectivity index (χ3n) is 3.55. The average molecular weight is 269 g/mol. The smallest absolute Gasteiger partial charge is 0.123 e. The highest BCUT2D eigenvalue weighted by atomic mass is 16.5. The molecule has 0 aromatic heterocycles. The van der Waals surface area contributed by atoms with Crippen LogP contribution in [0.15, 0.2) is 48.5 Å². The minimum atomic E-state index is 0.169. The summed E-state index contributed by atoms with van der Waals surface area (Å²) in [5, 5.41) is 3.56. The van der Waals surface area contributed by atoms with Crippen molar-refractivity contribution in [2.75, 3.05) is 13.7 Å². The zero-order chi connectivity index (χ0) is 14.4. The molecule has 0 saturated carbocycles. The summed E-state index contributed by atoms with van der Waals surface area (Å²) in [4.78, 5) is 0. The lowest BCUT2D eigenvalue weighted by atomic mass is 9.96. The van der Waals surface area contributed by atoms with E-state index in [1.54, 1.807) is 7.11 Å². The van der Waals surface area contributed by atoms with E-state index >= 15 is 0 Å². The molecule has 1 atom stereocenters. The van der Waals surface area contributed by atoms with E-state index in [0.29, 0.717) is 0 Å². The fraction of sp³-hybridized carbons (Fsp3) is 0.333. The number of hydrogen-bond acceptors (Lipinski definition) is 2. The molecule has 2 heteroatoms. The van der Waals surface area contributed by atoms with Crippen LogP contribution in [0.2, 0.25) is 0 Å². The van der Waals surface area contributed by atoms with Gasteiger partial charge in [-0.15, -0.1) is 0 Å². The van der Waals surface area contributed by atoms with Crippen molar-refractivity contribution in [2.45, 2.75) is 26.3 Å². The quantitative estimate of drug-likeness (QED) is 0.857. The van der Waals surface area contributed by atoms with Gasteiger partial charge in [-0.3, -0.25) is 0 Å². The SMILES string of the molecule is CCNC(c1cccc(CC)c1)c1ccccc1OC. The van der Waals surface area contributed by atoms with Gasteiger partial charge in [0, 0.05) is 5.56 Å². The lowest BCUT2D eigenvalue weighted by Crippen LogP contribution is -2.22. The van der Waals surface area contributed by atoms with Crippen LogP contribution in [-0.2, 0) is 6.42 Å². The maximum Gasteiger partial charge on any atom is 0.123 e. The van der Waals surface area contributed by atoms with Crippen LogP contribution < -0.4 is 10.1 Å². The lowest BCUT2D eigenvalue weighted by Gasteiger charge is -2.21. The average Bonchev–Trinajstić information content (AvgIpc) is 2.52. The monoisotopic (exact) mass is 269 g/mol. The van der Waals surface area contributed by atoms with E-state index < -0.39 is 0 Å². The van der Waals surface area contributed by atoms with Crippen molar-refractivity contribution >= 4 is 0 Å². The Morgan fingerprint density at radius 2 is 1.85 bits per heavy atom. The molecule has 0 amide bonds. The van der Waals surface area contributed by atoms with Crippen molar-refractivity contribution in [3.8, 4) is 5.75 Å². The summed E-state index contributed by atoms with van der Waals surface area (Å²) in [5.41, 5.74) is 3.83. The standard InChI is InChI=1S/C18H23NO/c1-4-14-9-8-10-15(13-14)18(19-5-2)16-11-6-7-12-17(16)20-3/h6-13,18-19H,4-5H2,1-3H3. The van der Waals surface area contributed by atoms with Gasteiger partial charge in [-0.25, -0.2) is 0 Å². The predicted molar refractivity (Wildman–Crippen MR) is 84.3 cm³/mol. The zero-order valence-electron chi connectivity index (χ0n) is 12.5. The first-order chi connectivity index (χ1) is 9.80. The van der Waals surface area contributed by atoms with Gasteiger partial charge < -0.3 is 10.1 Å². The van der Waals surface area contributed by atoms with E-state index in [-0.39, 0.29) is 6.04 Å². The van der Waals surface area contributed by atoms with Gasteiger partial charge in [0.05, 0.1) is 13.2 Å². The molecule has 2 nitrogen and oxygen atoms in total. The summed E-state index contributed by atoms with van der Waals surface area (Å²) in [6.45, 7) is 5.23. The molecule has 0 saturated heterocycles. The molecule has 2 aromatic carbocycles. The van der Waals surface area contributed by atoms with Crippen molar-refractivity contribution in [1.82, 2.24) is 5.32 Å². The third kappa shape index (κ3) is 3.20. The number of benzene rings is 2. The fourth-order valence-corrected chi connectivity index (χ4v) is 2.51. The summed E-state index contributed by atoms with van der Waals surface area (Å²) >= 11 is 0. The van der Waals surface area contributed by atoms with Crippen LogP contribution in [0.3, 0.4) is 0 Å². The summed E-state index contributed by atoms with van der Waals surface area (Å²) in [5.74, 6) is 0.931. The number of nitrogens with one attached hydrogen (secondary N) is 1. The molecule has 20 heavy (non-hydrogen) atoms. The van der Waals surface area contributed by atoms with Gasteiger partial charge in [-0.1, -0.05) is 56.3 Å². The van der Waals surface area contributed by atoms with E-state index in [9.17, 15) is 0 Å². The lowest BCUT2D eigenvalue weighted by molar-refractivity contribution is 0.404. The Morgan fingerprint density at radius 1 is 1.05 bits per heavy atom. The van der Waals surface area contributed by atoms with Gasteiger partial charge in [-0.2, -0.15) is 0 Å². The second kappa shape index (κ2) is 7.11. The van der Waals surface area contributed by atoms with E-state index in [0.717, 1.165) is 18.7 Å². The van der Waals surface area contributed by atoms with Crippen LogP contribution in [0.4, 0.5) is 0 Å². The number of hydrogen-bond donors (Lipinski definition) is 1. The molecule has 0 bridgehead atoms. The Labute approximate surface area is 121 Å². The van der Waals surface area contributed by atoms with Crippen LogP contribution in [0.1, 0.15) is 36.6 Å². The predicted octanol–water partition coefficient (Wildman–Crippen LogP) is 3.96. The molecule has 106 valence electrons. The molecular formula is C18H23NO. The first-order valence-corrected chi connectivity index (χ1v) is 7.25. The minimum Gasteiger partial charge on any atom is -0.496 e. The van der Waals surface area contributed by atoms with Crippen molar-refractivity contribution in [3.05, 3.63) is 65.2 Å². The van der Waals surface area contributed by atoms with Gasteiger partial charge in [0.1, 0.15) is 5.75 Å². The number of rotatable bonds is 6. The maximum atomic E-state index is 5.51. The van der Waals surface area contributed by atoms with Gasteiger partial charge in [0.2, 0.25) is 0 Å². The van der Waals surface area contributed by atoms with Crippen molar-refractivity contribution < 1.29 is 4.74 Å². The van der Waals surface area contributed by atoms with Gasteiger partial charge >= 0.3 is 0 Å². The molecule has 0 aliphatic heterocycles. The number of ether oxygens (including phenoxy) is 1. The van der Waals surface area contributed by atoms with Crippen LogP contribution in [0.5, 0.6) is 5.75 Å². The molecular weight excluding hydrogens is 246 g/mol. The first kappa shape index (κ1) is 14.6. The third-order valence-corrected chi connectivity index (χ3v) is 3.55. The second-order valence-corrected chi connectivity index (χ2v) is 4.83. The second-order valence-electron chi connectivity index (χ2n) is 4.83. The van der Waals surface area contributed by atoms with E-state index in [4.69, 9.17) is 4.74 Å². The molecule has 0 aliphatic carbocycles. The normalized spacial score (nSPS) is 12.2. The number of para-hydroxylation sites is 1. The topological polar surface area (TPSA) is 21.3 Å². The fourth-order valence-electron chi connectivity index (χ4n) is 2.51. The van der Waals surface area contributed by atoms with E-state index in [2.05, 4.69) is 55.6 Å². The van der Waals surface area contributed by atoms with Crippen LogP contribution in [-0.4, -0.2) is 13.7 Å². The van der Waals surface area contributed by atoms with Gasteiger partial charge in [0.15, 0.2) is 0 Å². The van der Waals surface area contributed by atoms with E-state index in [1.165, 1.54) is 16.7 Å². The largest absolute Gasteiger partial charge is 0.496 e. The Balaban J connectivity index is 2.44. The van der Waals surface area contributed by atoms with Crippen molar-refractivity contribution in [2.24, 2.45) is 0 Å². The van der Waals surface area contributed by atoms with Crippen molar-refractivity contribution in [3.63, 3.8) is 0 Å². The molecule has 2 rings (SSSR count). The van der Waals surface area contributed by atoms with Crippen LogP contribution in [0.25, 0.3) is 0 Å². The number of aryl methyl sites for hydroxylation is 1. The summed E-state index contributed by atoms with van der Waals surface area (Å²) in [6, 6.07) is 17.2. The molecule has 0 heterocycles. The number of methoxy groups -OCH3 is 1. The highest BCUT2D eigenvalue weighted by Crippen LogP contribution is 2.30. The summed E-state index contributed by atoms with van der Waals surface area (Å²) < 4.78 is 5.51. The first-order valence-electron chi connectivity index (χ1n) is 7.25. The molecule has 0 spiro atoms. The summed E-state index contributed by atoms with van der Waals surface area (Å²) in [7, 11) is 1.73. The van der Waals surface area contributed by atoms with Gasteiger partial charge in [-0.05, 0) is 30.2 Å². The summed E-state index contributed by atoms with van der Waals surface area (Å²) in [6.07, 6.45) is 1.05. The molecule has 2 aromatic rings. The molecule has 1 N–H and O–H groups in total. The Bertz CT molecular complexity index is 551. The minimum absolute atomic E-state index is 0.169.